The van der Waals surface area contributed by atoms with Gasteiger partial charge in [0.2, 0.25) is 0 Å². The molecule has 0 aliphatic carbocycles. The van der Waals surface area contributed by atoms with Crippen LogP contribution in [0.2, 0.25) is 0 Å². The van der Waals surface area contributed by atoms with Gasteiger partial charge >= 0.3 is 6.09 Å². The van der Waals surface area contributed by atoms with Gasteiger partial charge in [-0.15, -0.1) is 0 Å². The third-order valence-corrected chi connectivity index (χ3v) is 8.18. The van der Waals surface area contributed by atoms with Crippen LogP contribution >= 0.6 is 0 Å². The van der Waals surface area contributed by atoms with Gasteiger partial charge in [0.1, 0.15) is 17.2 Å². The molecule has 0 saturated carbocycles. The largest absolute Gasteiger partial charge is 0.444 e. The van der Waals surface area contributed by atoms with Crippen LogP contribution in [0.15, 0.2) is 109 Å². The quantitative estimate of drug-likeness (QED) is 0.169. The van der Waals surface area contributed by atoms with Crippen LogP contribution in [0.25, 0.3) is 0 Å². The van der Waals surface area contributed by atoms with Crippen LogP contribution in [0.4, 0.5) is 13.6 Å². The number of rotatable bonds is 12. The van der Waals surface area contributed by atoms with Gasteiger partial charge in [-0.05, 0) is 61.6 Å². The van der Waals surface area contributed by atoms with E-state index in [1.165, 1.54) is 17.0 Å². The van der Waals surface area contributed by atoms with Crippen molar-refractivity contribution in [2.75, 3.05) is 13.2 Å². The highest BCUT2D eigenvalue weighted by molar-refractivity contribution is 5.68. The number of ether oxygens (including phenoxy) is 3. The second-order valence-electron chi connectivity index (χ2n) is 13.2. The highest BCUT2D eigenvalue weighted by atomic mass is 19.1. The summed E-state index contributed by atoms with van der Waals surface area (Å²) in [5, 5.41) is 10.4. The van der Waals surface area contributed by atoms with Gasteiger partial charge in [0.15, 0.2) is 6.29 Å². The van der Waals surface area contributed by atoms with Crippen molar-refractivity contribution in [3.8, 4) is 0 Å². The van der Waals surface area contributed by atoms with E-state index in [0.29, 0.717) is 18.7 Å². The van der Waals surface area contributed by atoms with E-state index in [9.17, 15) is 18.7 Å². The standard InChI is InChI=1S/C39H44F2N2O5/c1-39(2,3)48-38(45)43-25-36(44)46-27-34(43)22-35(42(23-28-13-7-4-8-14-28)24-29-15-9-5-10-16-29)37(31-19-32(40)21-33(41)20-31)47-26-30-17-11-6-12-18-30/h4-21,34-37,44H,22-27H2,1-3H3. The third kappa shape index (κ3) is 10.2. The van der Waals surface area contributed by atoms with Gasteiger partial charge in [-0.1, -0.05) is 91.0 Å². The molecular formula is C39H44F2N2O5. The third-order valence-electron chi connectivity index (χ3n) is 8.18. The number of nitrogens with zero attached hydrogens (tertiary/aromatic N) is 2. The van der Waals surface area contributed by atoms with E-state index in [2.05, 4.69) is 4.90 Å². The summed E-state index contributed by atoms with van der Waals surface area (Å²) in [6, 6.07) is 31.9. The minimum atomic E-state index is -1.18. The molecule has 4 aromatic rings. The number of aliphatic hydroxyl groups is 1. The van der Waals surface area contributed by atoms with Crippen LogP contribution in [0.1, 0.15) is 55.5 Å². The lowest BCUT2D eigenvalue weighted by atomic mass is 9.92. The van der Waals surface area contributed by atoms with Crippen molar-refractivity contribution >= 4 is 6.09 Å². The normalized spacial score (nSPS) is 18.0. The molecule has 0 spiro atoms. The molecule has 1 aliphatic rings. The van der Waals surface area contributed by atoms with Crippen LogP contribution in [0.5, 0.6) is 0 Å². The highest BCUT2D eigenvalue weighted by Gasteiger charge is 2.40. The Morgan fingerprint density at radius 2 is 1.40 bits per heavy atom. The number of β-amino-alcohol motifs (C(OH)–C–C–N with tert-alkyl or cyclic N) is 1. The first-order valence-corrected chi connectivity index (χ1v) is 16.3. The predicted molar refractivity (Wildman–Crippen MR) is 180 cm³/mol. The minimum absolute atomic E-state index is 0.0321. The number of aliphatic hydroxyl groups excluding tert-OH is 1. The first-order chi connectivity index (χ1) is 23.0. The molecule has 48 heavy (non-hydrogen) atoms. The van der Waals surface area contributed by atoms with Crippen molar-refractivity contribution in [3.05, 3.63) is 143 Å². The SMILES string of the molecule is CC(C)(C)OC(=O)N1CC(O)OCC1CC(C(OCc1ccccc1)c1cc(F)cc(F)c1)N(Cc1ccccc1)Cc1ccccc1. The summed E-state index contributed by atoms with van der Waals surface area (Å²) in [5.74, 6) is -1.43. The van der Waals surface area contributed by atoms with Crippen molar-refractivity contribution in [3.63, 3.8) is 0 Å². The number of hydrogen-bond donors (Lipinski definition) is 1. The molecule has 4 atom stereocenters. The van der Waals surface area contributed by atoms with E-state index in [1.54, 1.807) is 20.8 Å². The monoisotopic (exact) mass is 658 g/mol. The van der Waals surface area contributed by atoms with E-state index in [1.807, 2.05) is 91.0 Å². The van der Waals surface area contributed by atoms with Gasteiger partial charge in [0, 0.05) is 25.2 Å². The van der Waals surface area contributed by atoms with Gasteiger partial charge in [-0.3, -0.25) is 9.80 Å². The van der Waals surface area contributed by atoms with E-state index < -0.39 is 47.8 Å². The number of carbonyl (C=O) groups excluding carboxylic acids is 1. The second kappa shape index (κ2) is 16.3. The summed E-state index contributed by atoms with van der Waals surface area (Å²) in [6.45, 7) is 6.43. The Morgan fingerprint density at radius 1 is 0.875 bits per heavy atom. The van der Waals surface area contributed by atoms with Gasteiger partial charge in [0.25, 0.3) is 0 Å². The fourth-order valence-electron chi connectivity index (χ4n) is 6.02. The number of benzene rings is 4. The van der Waals surface area contributed by atoms with Crippen molar-refractivity contribution in [2.24, 2.45) is 0 Å². The van der Waals surface area contributed by atoms with Crippen LogP contribution in [0.3, 0.4) is 0 Å². The molecule has 0 bridgehead atoms. The summed E-state index contributed by atoms with van der Waals surface area (Å²) in [5.41, 5.74) is 2.53. The fraction of sp³-hybridized carbons (Fsp3) is 0.359. The maximum Gasteiger partial charge on any atom is 0.410 e. The highest BCUT2D eigenvalue weighted by Crippen LogP contribution is 2.34. The molecule has 7 nitrogen and oxygen atoms in total. The number of amides is 1. The Kier molecular flexibility index (Phi) is 11.9. The molecular weight excluding hydrogens is 614 g/mol. The molecule has 0 aromatic heterocycles. The van der Waals surface area contributed by atoms with Crippen LogP contribution in [-0.4, -0.2) is 58.1 Å². The van der Waals surface area contributed by atoms with Crippen molar-refractivity contribution in [1.82, 2.24) is 9.80 Å². The van der Waals surface area contributed by atoms with Gasteiger partial charge in [0.05, 0.1) is 31.9 Å². The van der Waals surface area contributed by atoms with Crippen LogP contribution < -0.4 is 0 Å². The lowest BCUT2D eigenvalue weighted by molar-refractivity contribution is -0.167. The first kappa shape index (κ1) is 35.2. The van der Waals surface area contributed by atoms with Gasteiger partial charge in [-0.25, -0.2) is 13.6 Å². The molecule has 1 saturated heterocycles. The Bertz CT molecular complexity index is 1530. The molecule has 1 fully saturated rings. The maximum atomic E-state index is 14.9. The van der Waals surface area contributed by atoms with Gasteiger partial charge < -0.3 is 19.3 Å². The lowest BCUT2D eigenvalue weighted by Crippen LogP contribution is -2.56. The zero-order valence-corrected chi connectivity index (χ0v) is 27.7. The maximum absolute atomic E-state index is 14.9. The number of morpholine rings is 1. The average molecular weight is 659 g/mol. The number of carbonyl (C=O) groups is 1. The van der Waals surface area contributed by atoms with E-state index in [0.717, 1.165) is 22.8 Å². The van der Waals surface area contributed by atoms with Crippen molar-refractivity contribution < 1.29 is 32.9 Å². The topological polar surface area (TPSA) is 71.5 Å². The van der Waals surface area contributed by atoms with Crippen LogP contribution in [-0.2, 0) is 33.9 Å². The summed E-state index contributed by atoms with van der Waals surface area (Å²) in [6.07, 6.45) is -2.32. The fourth-order valence-corrected chi connectivity index (χ4v) is 6.02. The Hall–Kier alpha value is -4.15. The minimum Gasteiger partial charge on any atom is -0.444 e. The lowest BCUT2D eigenvalue weighted by Gasteiger charge is -2.44. The molecule has 5 rings (SSSR count). The molecule has 1 N–H and O–H groups in total. The smallest absolute Gasteiger partial charge is 0.410 e. The summed E-state index contributed by atoms with van der Waals surface area (Å²) in [4.78, 5) is 17.3. The Morgan fingerprint density at radius 3 is 1.92 bits per heavy atom. The van der Waals surface area contributed by atoms with Crippen LogP contribution in [0, 0.1) is 11.6 Å². The molecule has 9 heteroatoms. The Balaban J connectivity index is 1.61. The second-order valence-corrected chi connectivity index (χ2v) is 13.2. The van der Waals surface area contributed by atoms with Crippen molar-refractivity contribution in [2.45, 2.75) is 77.0 Å². The average Bonchev–Trinajstić information content (AvgIpc) is 3.05. The first-order valence-electron chi connectivity index (χ1n) is 16.3. The molecule has 254 valence electrons. The van der Waals surface area contributed by atoms with Crippen molar-refractivity contribution in [1.29, 1.82) is 0 Å². The summed E-state index contributed by atoms with van der Waals surface area (Å²) < 4.78 is 47.9. The molecule has 1 amide bonds. The molecule has 4 aromatic carbocycles. The van der Waals surface area contributed by atoms with Gasteiger partial charge in [-0.2, -0.15) is 0 Å². The Labute approximate surface area is 281 Å². The summed E-state index contributed by atoms with van der Waals surface area (Å²) >= 11 is 0. The summed E-state index contributed by atoms with van der Waals surface area (Å²) in [7, 11) is 0. The van der Waals surface area contributed by atoms with E-state index in [-0.39, 0.29) is 26.2 Å². The molecule has 0 radical (unpaired) electrons. The zero-order valence-electron chi connectivity index (χ0n) is 27.7. The molecule has 1 heterocycles. The molecule has 4 unspecified atom stereocenters. The predicted octanol–water partition coefficient (Wildman–Crippen LogP) is 7.64. The molecule has 1 aliphatic heterocycles. The van der Waals surface area contributed by atoms with E-state index >= 15 is 0 Å². The number of hydrogen-bond acceptors (Lipinski definition) is 6. The zero-order chi connectivity index (χ0) is 34.1. The number of halogens is 2. The van der Waals surface area contributed by atoms with E-state index in [4.69, 9.17) is 14.2 Å².